The normalized spacial score (nSPS) is 31.8. The molecule has 2 aliphatic heterocycles. The van der Waals surface area contributed by atoms with Crippen molar-refractivity contribution in [3.8, 4) is 0 Å². The second-order valence-corrected chi connectivity index (χ2v) is 7.09. The van der Waals surface area contributed by atoms with Crippen LogP contribution < -0.4 is 0 Å². The predicted molar refractivity (Wildman–Crippen MR) is 106 cm³/mol. The number of aliphatic hydroxyl groups excluding tert-OH is 1. The molecule has 0 aromatic heterocycles. The van der Waals surface area contributed by atoms with Crippen LogP contribution in [0.1, 0.15) is 17.4 Å². The van der Waals surface area contributed by atoms with Gasteiger partial charge >= 0.3 is 0 Å². The van der Waals surface area contributed by atoms with E-state index in [0.717, 1.165) is 11.1 Å². The highest BCUT2D eigenvalue weighted by atomic mass is 16.8. The van der Waals surface area contributed by atoms with E-state index in [-0.39, 0.29) is 6.61 Å². The number of ether oxygens (including phenoxy) is 5. The van der Waals surface area contributed by atoms with Crippen LogP contribution in [0.3, 0.4) is 0 Å². The first kappa shape index (κ1) is 20.2. The van der Waals surface area contributed by atoms with Crippen LogP contribution >= 0.6 is 0 Å². The van der Waals surface area contributed by atoms with Gasteiger partial charge in [-0.3, -0.25) is 0 Å². The van der Waals surface area contributed by atoms with Crippen LogP contribution in [-0.2, 0) is 30.3 Å². The summed E-state index contributed by atoms with van der Waals surface area (Å²) in [4.78, 5) is 0. The third-order valence-electron chi connectivity index (χ3n) is 5.04. The molecule has 2 aromatic rings. The molecule has 4 rings (SSSR count). The molecule has 0 spiro atoms. The summed E-state index contributed by atoms with van der Waals surface area (Å²) in [7, 11) is 0. The van der Waals surface area contributed by atoms with E-state index in [1.807, 2.05) is 60.7 Å². The van der Waals surface area contributed by atoms with E-state index in [1.165, 1.54) is 0 Å². The van der Waals surface area contributed by atoms with E-state index < -0.39 is 37.0 Å². The maximum atomic E-state index is 10.9. The minimum atomic E-state index is -1.01. The van der Waals surface area contributed by atoms with Crippen LogP contribution in [0.5, 0.6) is 0 Å². The maximum Gasteiger partial charge on any atom is 0.187 e. The molecule has 2 aromatic carbocycles. The molecule has 0 saturated carbocycles. The molecular weight excluding hydrogens is 372 g/mol. The first-order valence-electron chi connectivity index (χ1n) is 9.80. The fraction of sp³-hybridized carbons (Fsp3) is 0.391. The number of fused-ring (bicyclic) bond motifs is 1. The fourth-order valence-electron chi connectivity index (χ4n) is 3.60. The fourth-order valence-corrected chi connectivity index (χ4v) is 3.60. The van der Waals surface area contributed by atoms with Gasteiger partial charge < -0.3 is 28.8 Å². The summed E-state index contributed by atoms with van der Waals surface area (Å²) in [5, 5.41) is 10.9. The topological polar surface area (TPSA) is 66.4 Å². The van der Waals surface area contributed by atoms with Crippen LogP contribution in [-0.4, -0.2) is 49.0 Å². The monoisotopic (exact) mass is 398 g/mol. The van der Waals surface area contributed by atoms with Gasteiger partial charge in [-0.25, -0.2) is 0 Å². The first-order valence-corrected chi connectivity index (χ1v) is 9.80. The van der Waals surface area contributed by atoms with Crippen molar-refractivity contribution < 1.29 is 28.8 Å². The van der Waals surface area contributed by atoms with Gasteiger partial charge in [0.25, 0.3) is 0 Å². The highest BCUT2D eigenvalue weighted by molar-refractivity contribution is 5.17. The second kappa shape index (κ2) is 9.63. The van der Waals surface area contributed by atoms with E-state index in [4.69, 9.17) is 23.7 Å². The lowest BCUT2D eigenvalue weighted by atomic mass is 9.97. The van der Waals surface area contributed by atoms with Crippen LogP contribution in [0.4, 0.5) is 0 Å². The number of rotatable bonds is 7. The second-order valence-electron chi connectivity index (χ2n) is 7.09. The average molecular weight is 398 g/mol. The summed E-state index contributed by atoms with van der Waals surface area (Å²) < 4.78 is 29.7. The molecule has 2 heterocycles. The summed E-state index contributed by atoms with van der Waals surface area (Å²) in [6.45, 7) is 4.57. The van der Waals surface area contributed by atoms with E-state index in [1.54, 1.807) is 6.08 Å². The van der Waals surface area contributed by atoms with Gasteiger partial charge in [-0.2, -0.15) is 0 Å². The standard InChI is InChI=1S/C23H26O6/c1-2-13-25-23-19(24)21(26-14-16-9-5-3-6-10-16)20-18(28-23)15-27-22(29-20)17-11-7-4-8-12-17/h2-12,18-24H,1,13-15H2. The lowest BCUT2D eigenvalue weighted by molar-refractivity contribution is -0.365. The number of aliphatic hydroxyl groups is 1. The predicted octanol–water partition coefficient (Wildman–Crippen LogP) is 2.97. The van der Waals surface area contributed by atoms with Crippen molar-refractivity contribution in [2.75, 3.05) is 13.2 Å². The first-order chi connectivity index (χ1) is 14.3. The highest BCUT2D eigenvalue weighted by Crippen LogP contribution is 2.35. The summed E-state index contributed by atoms with van der Waals surface area (Å²) in [5.41, 5.74) is 1.92. The van der Waals surface area contributed by atoms with Gasteiger partial charge in [0, 0.05) is 5.56 Å². The van der Waals surface area contributed by atoms with Crippen LogP contribution in [0.15, 0.2) is 73.3 Å². The maximum absolute atomic E-state index is 10.9. The van der Waals surface area contributed by atoms with Crippen LogP contribution in [0.25, 0.3) is 0 Å². The van der Waals surface area contributed by atoms with Gasteiger partial charge in [0.05, 0.1) is 19.8 Å². The molecule has 1 N–H and O–H groups in total. The van der Waals surface area contributed by atoms with Crippen molar-refractivity contribution in [3.05, 3.63) is 84.4 Å². The molecule has 6 unspecified atom stereocenters. The van der Waals surface area contributed by atoms with E-state index in [9.17, 15) is 5.11 Å². The van der Waals surface area contributed by atoms with E-state index in [0.29, 0.717) is 13.2 Å². The lowest BCUT2D eigenvalue weighted by Crippen LogP contribution is -2.63. The van der Waals surface area contributed by atoms with Crippen LogP contribution in [0, 0.1) is 0 Å². The molecule has 2 saturated heterocycles. The van der Waals surface area contributed by atoms with Gasteiger partial charge in [0.15, 0.2) is 12.6 Å². The molecule has 0 bridgehead atoms. The van der Waals surface area contributed by atoms with Crippen molar-refractivity contribution in [2.24, 2.45) is 0 Å². The summed E-state index contributed by atoms with van der Waals surface area (Å²) in [5.74, 6) is 0. The number of hydrogen-bond donors (Lipinski definition) is 1. The molecule has 6 atom stereocenters. The quantitative estimate of drug-likeness (QED) is 0.724. The summed E-state index contributed by atoms with van der Waals surface area (Å²) in [6, 6.07) is 19.5. The number of hydrogen-bond acceptors (Lipinski definition) is 6. The smallest absolute Gasteiger partial charge is 0.187 e. The third kappa shape index (κ3) is 4.75. The van der Waals surface area contributed by atoms with E-state index >= 15 is 0 Å². The van der Waals surface area contributed by atoms with E-state index in [2.05, 4.69) is 6.58 Å². The van der Waals surface area contributed by atoms with Crippen molar-refractivity contribution in [3.63, 3.8) is 0 Å². The van der Waals surface area contributed by atoms with Gasteiger partial charge in [-0.1, -0.05) is 66.7 Å². The van der Waals surface area contributed by atoms with Crippen LogP contribution in [0.2, 0.25) is 0 Å². The molecular formula is C23H26O6. The zero-order chi connectivity index (χ0) is 20.1. The Morgan fingerprint density at radius 2 is 1.72 bits per heavy atom. The van der Waals surface area contributed by atoms with Gasteiger partial charge in [-0.15, -0.1) is 6.58 Å². The number of benzene rings is 2. The van der Waals surface area contributed by atoms with Crippen molar-refractivity contribution in [1.29, 1.82) is 0 Å². The molecule has 2 fully saturated rings. The van der Waals surface area contributed by atoms with Crippen molar-refractivity contribution in [1.82, 2.24) is 0 Å². The molecule has 0 radical (unpaired) electrons. The largest absolute Gasteiger partial charge is 0.385 e. The minimum Gasteiger partial charge on any atom is -0.385 e. The Bertz CT molecular complexity index is 767. The SMILES string of the molecule is C=CCOC1OC2COC(c3ccccc3)OC2C(OCc2ccccc2)C1O. The molecule has 154 valence electrons. The van der Waals surface area contributed by atoms with Gasteiger partial charge in [0.2, 0.25) is 0 Å². The Morgan fingerprint density at radius 3 is 2.45 bits per heavy atom. The highest BCUT2D eigenvalue weighted by Gasteiger charge is 2.50. The Balaban J connectivity index is 1.51. The minimum absolute atomic E-state index is 0.263. The lowest BCUT2D eigenvalue weighted by Gasteiger charge is -2.47. The Labute approximate surface area is 170 Å². The molecule has 0 amide bonds. The molecule has 6 nitrogen and oxygen atoms in total. The summed E-state index contributed by atoms with van der Waals surface area (Å²) in [6.07, 6.45) is -2.29. The third-order valence-corrected chi connectivity index (χ3v) is 5.04. The zero-order valence-corrected chi connectivity index (χ0v) is 16.1. The van der Waals surface area contributed by atoms with Crippen molar-refractivity contribution in [2.45, 2.75) is 43.6 Å². The zero-order valence-electron chi connectivity index (χ0n) is 16.1. The van der Waals surface area contributed by atoms with Crippen molar-refractivity contribution >= 4 is 0 Å². The molecule has 0 aliphatic carbocycles. The molecule has 6 heteroatoms. The summed E-state index contributed by atoms with van der Waals surface area (Å²) >= 11 is 0. The molecule has 2 aliphatic rings. The van der Waals surface area contributed by atoms with Gasteiger partial charge in [0.1, 0.15) is 24.4 Å². The molecule has 29 heavy (non-hydrogen) atoms. The Hall–Kier alpha value is -2.06. The Morgan fingerprint density at radius 1 is 1.00 bits per heavy atom. The van der Waals surface area contributed by atoms with Gasteiger partial charge in [-0.05, 0) is 5.56 Å². The average Bonchev–Trinajstić information content (AvgIpc) is 2.78. The Kier molecular flexibility index (Phi) is 6.71.